The molecule has 118 valence electrons. The number of rotatable bonds is 7. The Morgan fingerprint density at radius 1 is 1.05 bits per heavy atom. The average molecular weight is 288 g/mol. The highest BCUT2D eigenvalue weighted by molar-refractivity contribution is 5.28. The third-order valence-electron chi connectivity index (χ3n) is 4.61. The standard InChI is InChI=1S/C19H32N2/c1-16(2)15-20-12-6-7-17(3)21-13-10-18-8-4-5-9-19(18)11-14-21/h4-5,8-9,16-17,20H,6-7,10-15H2,1-3H3. The predicted octanol–water partition coefficient (Wildman–Crippen LogP) is 3.50. The highest BCUT2D eigenvalue weighted by Crippen LogP contribution is 2.18. The van der Waals surface area contributed by atoms with Crippen LogP contribution in [0.3, 0.4) is 0 Å². The summed E-state index contributed by atoms with van der Waals surface area (Å²) in [5.41, 5.74) is 3.12. The summed E-state index contributed by atoms with van der Waals surface area (Å²) in [4.78, 5) is 2.68. The van der Waals surface area contributed by atoms with Gasteiger partial charge in [0.1, 0.15) is 0 Å². The Balaban J connectivity index is 1.71. The zero-order valence-corrected chi connectivity index (χ0v) is 14.1. The molecule has 0 fully saturated rings. The second kappa shape index (κ2) is 8.55. The monoisotopic (exact) mass is 288 g/mol. The van der Waals surface area contributed by atoms with Gasteiger partial charge in [0.2, 0.25) is 0 Å². The van der Waals surface area contributed by atoms with Crippen LogP contribution in [0.5, 0.6) is 0 Å². The lowest BCUT2D eigenvalue weighted by Gasteiger charge is -2.27. The smallest absolute Gasteiger partial charge is 0.00676 e. The molecule has 1 aromatic carbocycles. The lowest BCUT2D eigenvalue weighted by Crippen LogP contribution is -2.35. The summed E-state index contributed by atoms with van der Waals surface area (Å²) >= 11 is 0. The van der Waals surface area contributed by atoms with Crippen molar-refractivity contribution in [1.29, 1.82) is 0 Å². The molecule has 2 heteroatoms. The molecular formula is C19H32N2. The highest BCUT2D eigenvalue weighted by Gasteiger charge is 2.17. The molecule has 0 aromatic heterocycles. The molecule has 1 N–H and O–H groups in total. The molecule has 1 aliphatic heterocycles. The van der Waals surface area contributed by atoms with E-state index in [1.165, 1.54) is 38.8 Å². The van der Waals surface area contributed by atoms with E-state index in [0.717, 1.165) is 19.0 Å². The van der Waals surface area contributed by atoms with E-state index in [4.69, 9.17) is 0 Å². The van der Waals surface area contributed by atoms with Crippen LogP contribution in [0.1, 0.15) is 44.7 Å². The van der Waals surface area contributed by atoms with Crippen molar-refractivity contribution in [2.75, 3.05) is 26.2 Å². The van der Waals surface area contributed by atoms with Gasteiger partial charge >= 0.3 is 0 Å². The first-order valence-corrected chi connectivity index (χ1v) is 8.68. The van der Waals surface area contributed by atoms with E-state index < -0.39 is 0 Å². The fourth-order valence-electron chi connectivity index (χ4n) is 3.22. The molecule has 0 saturated carbocycles. The largest absolute Gasteiger partial charge is 0.316 e. The zero-order valence-electron chi connectivity index (χ0n) is 14.1. The minimum absolute atomic E-state index is 0.708. The number of nitrogens with zero attached hydrogens (tertiary/aromatic N) is 1. The summed E-state index contributed by atoms with van der Waals surface area (Å²) < 4.78 is 0. The molecule has 2 rings (SSSR count). The number of hydrogen-bond donors (Lipinski definition) is 1. The van der Waals surface area contributed by atoms with Crippen molar-refractivity contribution in [3.8, 4) is 0 Å². The van der Waals surface area contributed by atoms with Crippen molar-refractivity contribution in [2.45, 2.75) is 52.5 Å². The molecule has 1 heterocycles. The zero-order chi connectivity index (χ0) is 15.1. The third-order valence-corrected chi connectivity index (χ3v) is 4.61. The Bertz CT molecular complexity index is 387. The van der Waals surface area contributed by atoms with E-state index in [1.54, 1.807) is 11.1 Å². The molecule has 1 aromatic rings. The first-order chi connectivity index (χ1) is 10.2. The maximum atomic E-state index is 3.55. The molecule has 0 aliphatic carbocycles. The Labute approximate surface area is 130 Å². The van der Waals surface area contributed by atoms with Crippen LogP contribution in [-0.2, 0) is 12.8 Å². The van der Waals surface area contributed by atoms with Crippen molar-refractivity contribution >= 4 is 0 Å². The van der Waals surface area contributed by atoms with Gasteiger partial charge in [0.15, 0.2) is 0 Å². The van der Waals surface area contributed by atoms with Gasteiger partial charge < -0.3 is 10.2 Å². The van der Waals surface area contributed by atoms with Crippen molar-refractivity contribution in [2.24, 2.45) is 5.92 Å². The SMILES string of the molecule is CC(C)CNCCCC(C)N1CCc2ccccc2CC1. The fourth-order valence-corrected chi connectivity index (χ4v) is 3.22. The van der Waals surface area contributed by atoms with Gasteiger partial charge in [-0.2, -0.15) is 0 Å². The number of fused-ring (bicyclic) bond motifs is 1. The Morgan fingerprint density at radius 2 is 1.67 bits per heavy atom. The van der Waals surface area contributed by atoms with E-state index in [1.807, 2.05) is 0 Å². The molecule has 2 nitrogen and oxygen atoms in total. The molecule has 1 unspecified atom stereocenters. The number of benzene rings is 1. The fraction of sp³-hybridized carbons (Fsp3) is 0.684. The molecule has 0 amide bonds. The summed E-state index contributed by atoms with van der Waals surface area (Å²) in [6, 6.07) is 9.68. The van der Waals surface area contributed by atoms with Crippen molar-refractivity contribution in [1.82, 2.24) is 10.2 Å². The van der Waals surface area contributed by atoms with Gasteiger partial charge in [-0.25, -0.2) is 0 Å². The first-order valence-electron chi connectivity index (χ1n) is 8.68. The minimum atomic E-state index is 0.708. The van der Waals surface area contributed by atoms with Crippen LogP contribution >= 0.6 is 0 Å². The van der Waals surface area contributed by atoms with Crippen LogP contribution in [0.4, 0.5) is 0 Å². The topological polar surface area (TPSA) is 15.3 Å². The first kappa shape index (κ1) is 16.5. The summed E-state index contributed by atoms with van der Waals surface area (Å²) in [7, 11) is 0. The molecule has 21 heavy (non-hydrogen) atoms. The van der Waals surface area contributed by atoms with E-state index in [9.17, 15) is 0 Å². The third kappa shape index (κ3) is 5.44. The molecule has 0 spiro atoms. The average Bonchev–Trinajstić information content (AvgIpc) is 2.69. The molecule has 0 saturated heterocycles. The molecule has 0 bridgehead atoms. The van der Waals surface area contributed by atoms with Crippen LogP contribution in [0.15, 0.2) is 24.3 Å². The van der Waals surface area contributed by atoms with Crippen LogP contribution < -0.4 is 5.32 Å². The van der Waals surface area contributed by atoms with Gasteiger partial charge in [-0.3, -0.25) is 0 Å². The van der Waals surface area contributed by atoms with Gasteiger partial charge in [-0.15, -0.1) is 0 Å². The summed E-state index contributed by atoms with van der Waals surface area (Å²) in [5, 5.41) is 3.55. The highest BCUT2D eigenvalue weighted by atomic mass is 15.1. The quantitative estimate of drug-likeness (QED) is 0.773. The van der Waals surface area contributed by atoms with E-state index >= 15 is 0 Å². The van der Waals surface area contributed by atoms with Crippen LogP contribution in [0, 0.1) is 5.92 Å². The number of hydrogen-bond acceptors (Lipinski definition) is 2. The van der Waals surface area contributed by atoms with Gasteiger partial charge in [0.25, 0.3) is 0 Å². The molecule has 0 radical (unpaired) electrons. The van der Waals surface area contributed by atoms with Gasteiger partial charge in [-0.1, -0.05) is 38.1 Å². The van der Waals surface area contributed by atoms with Crippen molar-refractivity contribution in [3.05, 3.63) is 35.4 Å². The lowest BCUT2D eigenvalue weighted by molar-refractivity contribution is 0.206. The molecular weight excluding hydrogens is 256 g/mol. The van der Waals surface area contributed by atoms with Gasteiger partial charge in [0.05, 0.1) is 0 Å². The molecule has 1 atom stereocenters. The Hall–Kier alpha value is -0.860. The van der Waals surface area contributed by atoms with E-state index in [2.05, 4.69) is 55.3 Å². The van der Waals surface area contributed by atoms with Gasteiger partial charge in [0, 0.05) is 19.1 Å². The minimum Gasteiger partial charge on any atom is -0.316 e. The van der Waals surface area contributed by atoms with E-state index in [0.29, 0.717) is 6.04 Å². The summed E-state index contributed by atoms with van der Waals surface area (Å²) in [6.07, 6.45) is 5.02. The second-order valence-corrected chi connectivity index (χ2v) is 6.89. The maximum Gasteiger partial charge on any atom is 0.00676 e. The summed E-state index contributed by atoms with van der Waals surface area (Å²) in [5.74, 6) is 0.756. The van der Waals surface area contributed by atoms with Crippen LogP contribution in [0.25, 0.3) is 0 Å². The Kier molecular flexibility index (Phi) is 6.72. The van der Waals surface area contributed by atoms with E-state index in [-0.39, 0.29) is 0 Å². The predicted molar refractivity (Wildman–Crippen MR) is 91.8 cm³/mol. The molecule has 1 aliphatic rings. The lowest BCUT2D eigenvalue weighted by atomic mass is 10.0. The number of nitrogens with one attached hydrogen (secondary N) is 1. The Morgan fingerprint density at radius 3 is 2.24 bits per heavy atom. The van der Waals surface area contributed by atoms with Crippen LogP contribution in [-0.4, -0.2) is 37.1 Å². The normalized spacial score (nSPS) is 17.5. The van der Waals surface area contributed by atoms with Crippen molar-refractivity contribution < 1.29 is 0 Å². The van der Waals surface area contributed by atoms with Crippen LogP contribution in [0.2, 0.25) is 0 Å². The van der Waals surface area contributed by atoms with Gasteiger partial charge in [-0.05, 0) is 62.7 Å². The maximum absolute atomic E-state index is 3.55. The summed E-state index contributed by atoms with van der Waals surface area (Å²) in [6.45, 7) is 11.7. The second-order valence-electron chi connectivity index (χ2n) is 6.89. The van der Waals surface area contributed by atoms with Crippen molar-refractivity contribution in [3.63, 3.8) is 0 Å².